The lowest BCUT2D eigenvalue weighted by atomic mass is 10.2. The zero-order chi connectivity index (χ0) is 21.4. The molecule has 0 saturated heterocycles. The summed E-state index contributed by atoms with van der Waals surface area (Å²) in [6.45, 7) is 4.40. The second-order valence-corrected chi connectivity index (χ2v) is 8.08. The first-order chi connectivity index (χ1) is 13.8. The Morgan fingerprint density at radius 3 is 2.07 bits per heavy atom. The number of hydrogen-bond donors (Lipinski definition) is 2. The van der Waals surface area contributed by atoms with Gasteiger partial charge in [0.25, 0.3) is 5.91 Å². The molecule has 154 valence electrons. The lowest BCUT2D eigenvalue weighted by molar-refractivity contribution is -0.111. The Bertz CT molecular complexity index is 978. The van der Waals surface area contributed by atoms with Crippen molar-refractivity contribution < 1.29 is 18.0 Å². The standard InChI is InChI=1S/C21H25N3O4S/c1-4-24(5-2)29(27,28)19-13-6-16(7-14-19)8-15-20(25)23-18-11-9-17(10-12-18)21(26)22-3/h6-15H,4-5H2,1-3H3,(H,22,26)(H,23,25)/b15-8+. The Kier molecular flexibility index (Phi) is 7.69. The number of amides is 2. The molecule has 0 saturated carbocycles. The molecule has 2 amide bonds. The van der Waals surface area contributed by atoms with Crippen LogP contribution in [0.1, 0.15) is 29.8 Å². The van der Waals surface area contributed by atoms with E-state index in [0.29, 0.717) is 29.9 Å². The van der Waals surface area contributed by atoms with Gasteiger partial charge in [-0.1, -0.05) is 26.0 Å². The van der Waals surface area contributed by atoms with Gasteiger partial charge in [0, 0.05) is 37.5 Å². The molecule has 0 aromatic heterocycles. The van der Waals surface area contributed by atoms with Gasteiger partial charge in [-0.2, -0.15) is 4.31 Å². The first-order valence-electron chi connectivity index (χ1n) is 9.23. The van der Waals surface area contributed by atoms with E-state index in [9.17, 15) is 18.0 Å². The van der Waals surface area contributed by atoms with Crippen LogP contribution in [-0.2, 0) is 14.8 Å². The van der Waals surface area contributed by atoms with Gasteiger partial charge < -0.3 is 10.6 Å². The Labute approximate surface area is 171 Å². The smallest absolute Gasteiger partial charge is 0.251 e. The topological polar surface area (TPSA) is 95.6 Å². The van der Waals surface area contributed by atoms with Gasteiger partial charge in [0.05, 0.1) is 4.90 Å². The van der Waals surface area contributed by atoms with Crippen LogP contribution < -0.4 is 10.6 Å². The Hall–Kier alpha value is -2.97. The molecule has 0 aliphatic carbocycles. The molecule has 0 spiro atoms. The van der Waals surface area contributed by atoms with E-state index >= 15 is 0 Å². The van der Waals surface area contributed by atoms with Crippen LogP contribution in [-0.4, -0.2) is 44.7 Å². The minimum atomic E-state index is -3.50. The fourth-order valence-corrected chi connectivity index (χ4v) is 4.13. The van der Waals surface area contributed by atoms with E-state index in [0.717, 1.165) is 0 Å². The van der Waals surface area contributed by atoms with Crippen LogP contribution in [0.2, 0.25) is 0 Å². The van der Waals surface area contributed by atoms with Gasteiger partial charge in [-0.05, 0) is 48.0 Å². The highest BCUT2D eigenvalue weighted by atomic mass is 32.2. The van der Waals surface area contributed by atoms with Crippen molar-refractivity contribution >= 4 is 33.6 Å². The van der Waals surface area contributed by atoms with E-state index in [4.69, 9.17) is 0 Å². The second kappa shape index (κ2) is 9.99. The minimum Gasteiger partial charge on any atom is -0.355 e. The molecule has 0 unspecified atom stereocenters. The molecule has 0 fully saturated rings. The number of carbonyl (C=O) groups is 2. The molecule has 0 aliphatic rings. The Morgan fingerprint density at radius 2 is 1.55 bits per heavy atom. The van der Waals surface area contributed by atoms with E-state index in [1.807, 2.05) is 0 Å². The summed E-state index contributed by atoms with van der Waals surface area (Å²) in [4.78, 5) is 23.8. The number of rotatable bonds is 8. The summed E-state index contributed by atoms with van der Waals surface area (Å²) < 4.78 is 26.3. The van der Waals surface area contributed by atoms with Gasteiger partial charge in [0.2, 0.25) is 15.9 Å². The van der Waals surface area contributed by atoms with E-state index < -0.39 is 10.0 Å². The average molecular weight is 416 g/mol. The number of anilines is 1. The van der Waals surface area contributed by atoms with Gasteiger partial charge in [0.1, 0.15) is 0 Å². The SMILES string of the molecule is CCN(CC)S(=O)(=O)c1ccc(/C=C/C(=O)Nc2ccc(C(=O)NC)cc2)cc1. The van der Waals surface area contributed by atoms with Crippen molar-refractivity contribution in [3.05, 3.63) is 65.7 Å². The highest BCUT2D eigenvalue weighted by Gasteiger charge is 2.20. The summed E-state index contributed by atoms with van der Waals surface area (Å²) in [7, 11) is -1.95. The summed E-state index contributed by atoms with van der Waals surface area (Å²) >= 11 is 0. The molecule has 2 rings (SSSR count). The van der Waals surface area contributed by atoms with Gasteiger partial charge in [-0.3, -0.25) is 9.59 Å². The van der Waals surface area contributed by atoms with Crippen molar-refractivity contribution in [1.82, 2.24) is 9.62 Å². The van der Waals surface area contributed by atoms with Crippen LogP contribution in [0, 0.1) is 0 Å². The maximum atomic E-state index is 12.5. The second-order valence-electron chi connectivity index (χ2n) is 6.14. The summed E-state index contributed by atoms with van der Waals surface area (Å²) in [6.07, 6.45) is 2.96. The minimum absolute atomic E-state index is 0.200. The van der Waals surface area contributed by atoms with Crippen molar-refractivity contribution in [1.29, 1.82) is 0 Å². The zero-order valence-corrected chi connectivity index (χ0v) is 17.5. The van der Waals surface area contributed by atoms with Crippen LogP contribution in [0.5, 0.6) is 0 Å². The van der Waals surface area contributed by atoms with Crippen LogP contribution >= 0.6 is 0 Å². The quantitative estimate of drug-likeness (QED) is 0.648. The van der Waals surface area contributed by atoms with Crippen molar-refractivity contribution in [2.75, 3.05) is 25.5 Å². The molecule has 2 N–H and O–H groups in total. The number of sulfonamides is 1. The molecule has 29 heavy (non-hydrogen) atoms. The normalized spacial score (nSPS) is 11.6. The third-order valence-electron chi connectivity index (χ3n) is 4.29. The van der Waals surface area contributed by atoms with Crippen LogP contribution in [0.25, 0.3) is 6.08 Å². The van der Waals surface area contributed by atoms with Crippen molar-refractivity contribution in [2.24, 2.45) is 0 Å². The van der Waals surface area contributed by atoms with Crippen molar-refractivity contribution in [3.8, 4) is 0 Å². The molecular weight excluding hydrogens is 390 g/mol. The number of nitrogens with zero attached hydrogens (tertiary/aromatic N) is 1. The van der Waals surface area contributed by atoms with Gasteiger partial charge in [-0.25, -0.2) is 8.42 Å². The van der Waals surface area contributed by atoms with E-state index in [-0.39, 0.29) is 16.7 Å². The zero-order valence-electron chi connectivity index (χ0n) is 16.7. The Balaban J connectivity index is 2.02. The maximum absolute atomic E-state index is 12.5. The summed E-state index contributed by atoms with van der Waals surface area (Å²) in [6, 6.07) is 12.9. The molecule has 0 radical (unpaired) electrons. The van der Waals surface area contributed by atoms with E-state index in [1.165, 1.54) is 22.5 Å². The number of nitrogens with one attached hydrogen (secondary N) is 2. The average Bonchev–Trinajstić information content (AvgIpc) is 2.73. The third kappa shape index (κ3) is 5.75. The van der Waals surface area contributed by atoms with E-state index in [1.54, 1.807) is 63.4 Å². The molecular formula is C21H25N3O4S. The van der Waals surface area contributed by atoms with Gasteiger partial charge in [-0.15, -0.1) is 0 Å². The maximum Gasteiger partial charge on any atom is 0.251 e. The van der Waals surface area contributed by atoms with Crippen LogP contribution in [0.4, 0.5) is 5.69 Å². The monoisotopic (exact) mass is 415 g/mol. The lowest BCUT2D eigenvalue weighted by Crippen LogP contribution is -2.30. The predicted molar refractivity (Wildman–Crippen MR) is 114 cm³/mol. The van der Waals surface area contributed by atoms with Crippen LogP contribution in [0.15, 0.2) is 59.5 Å². The number of hydrogen-bond acceptors (Lipinski definition) is 4. The molecule has 2 aromatic rings. The molecule has 0 heterocycles. The fraction of sp³-hybridized carbons (Fsp3) is 0.238. The van der Waals surface area contributed by atoms with Gasteiger partial charge in [0.15, 0.2) is 0 Å². The number of benzene rings is 2. The lowest BCUT2D eigenvalue weighted by Gasteiger charge is -2.18. The highest BCUT2D eigenvalue weighted by Crippen LogP contribution is 2.17. The highest BCUT2D eigenvalue weighted by molar-refractivity contribution is 7.89. The summed E-state index contributed by atoms with van der Waals surface area (Å²) in [5.74, 6) is -0.535. The number of carbonyl (C=O) groups excluding carboxylic acids is 2. The third-order valence-corrected chi connectivity index (χ3v) is 6.36. The van der Waals surface area contributed by atoms with Crippen molar-refractivity contribution in [2.45, 2.75) is 18.7 Å². The predicted octanol–water partition coefficient (Wildman–Crippen LogP) is 2.73. The largest absolute Gasteiger partial charge is 0.355 e. The fourth-order valence-electron chi connectivity index (χ4n) is 2.67. The first kappa shape index (κ1) is 22.3. The Morgan fingerprint density at radius 1 is 0.966 bits per heavy atom. The molecule has 0 aliphatic heterocycles. The molecule has 2 aromatic carbocycles. The van der Waals surface area contributed by atoms with Crippen molar-refractivity contribution in [3.63, 3.8) is 0 Å². The van der Waals surface area contributed by atoms with Crippen LogP contribution in [0.3, 0.4) is 0 Å². The molecule has 0 bridgehead atoms. The molecule has 8 heteroatoms. The summed E-state index contributed by atoms with van der Waals surface area (Å²) in [5.41, 5.74) is 1.77. The van der Waals surface area contributed by atoms with E-state index in [2.05, 4.69) is 10.6 Å². The summed E-state index contributed by atoms with van der Waals surface area (Å²) in [5, 5.41) is 5.23. The van der Waals surface area contributed by atoms with Gasteiger partial charge >= 0.3 is 0 Å². The first-order valence-corrected chi connectivity index (χ1v) is 10.7. The molecule has 0 atom stereocenters. The molecule has 7 nitrogen and oxygen atoms in total.